The Morgan fingerprint density at radius 2 is 1.94 bits per heavy atom. The molecule has 2 unspecified atom stereocenters. The van der Waals surface area contributed by atoms with Crippen molar-refractivity contribution in [3.8, 4) is 0 Å². The minimum Gasteiger partial charge on any atom is -0.327 e. The molecular weight excluding hydrogens is 224 g/mol. The quantitative estimate of drug-likeness (QED) is 0.788. The number of hydrogen-bond donors (Lipinski definition) is 2. The first-order valence-corrected chi connectivity index (χ1v) is 6.80. The first-order valence-electron chi connectivity index (χ1n) is 6.80. The maximum absolute atomic E-state index is 12.3. The predicted octanol–water partition coefficient (Wildman–Crippen LogP) is 2.84. The highest BCUT2D eigenvalue weighted by Crippen LogP contribution is 2.24. The van der Waals surface area contributed by atoms with Gasteiger partial charge in [0.15, 0.2) is 0 Å². The van der Waals surface area contributed by atoms with Crippen LogP contribution in [0.4, 0.5) is 5.69 Å². The van der Waals surface area contributed by atoms with Gasteiger partial charge in [-0.15, -0.1) is 0 Å². The SMILES string of the molecule is Cc1ccccc1NC(=O)C1CCCCCC1N. The van der Waals surface area contributed by atoms with E-state index in [1.807, 2.05) is 31.2 Å². The number of carbonyl (C=O) groups is 1. The number of carbonyl (C=O) groups excluding carboxylic acids is 1. The number of nitrogens with two attached hydrogens (primary N) is 1. The van der Waals surface area contributed by atoms with Gasteiger partial charge in [0.25, 0.3) is 0 Å². The van der Waals surface area contributed by atoms with Crippen LogP contribution < -0.4 is 11.1 Å². The molecule has 0 aromatic heterocycles. The fourth-order valence-corrected chi connectivity index (χ4v) is 2.60. The molecule has 2 rings (SSSR count). The Morgan fingerprint density at radius 3 is 2.72 bits per heavy atom. The van der Waals surface area contributed by atoms with Crippen LogP contribution in [0.15, 0.2) is 24.3 Å². The first kappa shape index (κ1) is 13.1. The average Bonchev–Trinajstić information content (AvgIpc) is 2.57. The fraction of sp³-hybridized carbons (Fsp3) is 0.533. The van der Waals surface area contributed by atoms with Crippen molar-refractivity contribution in [3.05, 3.63) is 29.8 Å². The Labute approximate surface area is 109 Å². The topological polar surface area (TPSA) is 55.1 Å². The van der Waals surface area contributed by atoms with Crippen LogP contribution in [0.2, 0.25) is 0 Å². The third kappa shape index (κ3) is 3.10. The Hall–Kier alpha value is -1.35. The van der Waals surface area contributed by atoms with Gasteiger partial charge >= 0.3 is 0 Å². The van der Waals surface area contributed by atoms with Crippen LogP contribution in [0.3, 0.4) is 0 Å². The van der Waals surface area contributed by atoms with Gasteiger partial charge in [0.05, 0.1) is 5.92 Å². The summed E-state index contributed by atoms with van der Waals surface area (Å²) in [6.45, 7) is 2.00. The molecule has 0 saturated heterocycles. The molecule has 1 saturated carbocycles. The standard InChI is InChI=1S/C15H22N2O/c1-11-7-5-6-10-14(11)17-15(18)12-8-3-2-4-9-13(12)16/h5-7,10,12-13H,2-4,8-9,16H2,1H3,(H,17,18). The van der Waals surface area contributed by atoms with Crippen LogP contribution in [-0.4, -0.2) is 11.9 Å². The summed E-state index contributed by atoms with van der Waals surface area (Å²) in [6, 6.07) is 7.87. The molecule has 1 fully saturated rings. The third-order valence-corrected chi connectivity index (χ3v) is 3.81. The molecule has 18 heavy (non-hydrogen) atoms. The number of amides is 1. The average molecular weight is 246 g/mol. The minimum absolute atomic E-state index is 0.0107. The van der Waals surface area contributed by atoms with Crippen molar-refractivity contribution >= 4 is 11.6 Å². The van der Waals surface area contributed by atoms with Gasteiger partial charge in [0.2, 0.25) is 5.91 Å². The number of rotatable bonds is 2. The lowest BCUT2D eigenvalue weighted by Gasteiger charge is -2.21. The molecule has 1 aliphatic carbocycles. The Kier molecular flexibility index (Phi) is 4.37. The second-order valence-corrected chi connectivity index (χ2v) is 5.21. The number of hydrogen-bond acceptors (Lipinski definition) is 2. The first-order chi connectivity index (χ1) is 8.68. The van der Waals surface area contributed by atoms with Crippen LogP contribution in [0.25, 0.3) is 0 Å². The summed E-state index contributed by atoms with van der Waals surface area (Å²) in [5.74, 6) is 0.0470. The molecule has 1 aromatic rings. The summed E-state index contributed by atoms with van der Waals surface area (Å²) < 4.78 is 0. The summed E-state index contributed by atoms with van der Waals surface area (Å²) in [5, 5.41) is 3.02. The van der Waals surface area contributed by atoms with E-state index in [2.05, 4.69) is 5.32 Å². The van der Waals surface area contributed by atoms with E-state index < -0.39 is 0 Å². The van der Waals surface area contributed by atoms with Gasteiger partial charge in [0, 0.05) is 11.7 Å². The van der Waals surface area contributed by atoms with Crippen molar-refractivity contribution in [1.29, 1.82) is 0 Å². The van der Waals surface area contributed by atoms with Crippen molar-refractivity contribution < 1.29 is 4.79 Å². The number of nitrogens with one attached hydrogen (secondary N) is 1. The summed E-state index contributed by atoms with van der Waals surface area (Å²) in [6.07, 6.45) is 5.33. The molecule has 0 radical (unpaired) electrons. The normalized spacial score (nSPS) is 24.3. The van der Waals surface area contributed by atoms with Crippen molar-refractivity contribution in [2.24, 2.45) is 11.7 Å². The van der Waals surface area contributed by atoms with Gasteiger partial charge in [0.1, 0.15) is 0 Å². The summed E-state index contributed by atoms with van der Waals surface area (Å²) in [4.78, 5) is 12.3. The van der Waals surface area contributed by atoms with Gasteiger partial charge in [-0.1, -0.05) is 37.5 Å². The van der Waals surface area contributed by atoms with Crippen LogP contribution in [0, 0.1) is 12.8 Å². The predicted molar refractivity (Wildman–Crippen MR) is 74.4 cm³/mol. The fourth-order valence-electron chi connectivity index (χ4n) is 2.60. The maximum atomic E-state index is 12.3. The molecule has 0 aliphatic heterocycles. The maximum Gasteiger partial charge on any atom is 0.229 e. The highest BCUT2D eigenvalue weighted by atomic mass is 16.1. The second-order valence-electron chi connectivity index (χ2n) is 5.21. The van der Waals surface area contributed by atoms with E-state index in [-0.39, 0.29) is 17.9 Å². The molecule has 0 bridgehead atoms. The summed E-state index contributed by atoms with van der Waals surface area (Å²) in [7, 11) is 0. The molecule has 1 aliphatic rings. The number of aryl methyl sites for hydroxylation is 1. The van der Waals surface area contributed by atoms with E-state index in [0.717, 1.165) is 36.9 Å². The van der Waals surface area contributed by atoms with Crippen LogP contribution in [0.5, 0.6) is 0 Å². The molecule has 0 spiro atoms. The molecular formula is C15H22N2O. The van der Waals surface area contributed by atoms with E-state index >= 15 is 0 Å². The molecule has 3 heteroatoms. The van der Waals surface area contributed by atoms with Crippen LogP contribution >= 0.6 is 0 Å². The molecule has 3 N–H and O–H groups in total. The lowest BCUT2D eigenvalue weighted by molar-refractivity contribution is -0.120. The minimum atomic E-state index is -0.0351. The van der Waals surface area contributed by atoms with E-state index in [0.29, 0.717) is 0 Å². The van der Waals surface area contributed by atoms with E-state index in [1.54, 1.807) is 0 Å². The van der Waals surface area contributed by atoms with Crippen molar-refractivity contribution in [1.82, 2.24) is 0 Å². The zero-order valence-corrected chi connectivity index (χ0v) is 11.0. The number of para-hydroxylation sites is 1. The van der Waals surface area contributed by atoms with Gasteiger partial charge in [-0.3, -0.25) is 4.79 Å². The van der Waals surface area contributed by atoms with Crippen molar-refractivity contribution in [2.45, 2.75) is 45.1 Å². The second kappa shape index (κ2) is 6.01. The van der Waals surface area contributed by atoms with E-state index in [1.165, 1.54) is 6.42 Å². The van der Waals surface area contributed by atoms with Crippen LogP contribution in [-0.2, 0) is 4.79 Å². The van der Waals surface area contributed by atoms with E-state index in [9.17, 15) is 4.79 Å². The number of anilines is 1. The van der Waals surface area contributed by atoms with Gasteiger partial charge in [-0.05, 0) is 31.4 Å². The smallest absolute Gasteiger partial charge is 0.229 e. The molecule has 0 heterocycles. The molecule has 3 nitrogen and oxygen atoms in total. The zero-order valence-electron chi connectivity index (χ0n) is 11.0. The van der Waals surface area contributed by atoms with Gasteiger partial charge < -0.3 is 11.1 Å². The molecule has 1 amide bonds. The van der Waals surface area contributed by atoms with Crippen molar-refractivity contribution in [2.75, 3.05) is 5.32 Å². The highest BCUT2D eigenvalue weighted by Gasteiger charge is 2.27. The molecule has 98 valence electrons. The van der Waals surface area contributed by atoms with Crippen LogP contribution in [0.1, 0.15) is 37.7 Å². The zero-order chi connectivity index (χ0) is 13.0. The largest absolute Gasteiger partial charge is 0.327 e. The van der Waals surface area contributed by atoms with Gasteiger partial charge in [-0.25, -0.2) is 0 Å². The molecule has 1 aromatic carbocycles. The summed E-state index contributed by atoms with van der Waals surface area (Å²) in [5.41, 5.74) is 8.10. The third-order valence-electron chi connectivity index (χ3n) is 3.81. The van der Waals surface area contributed by atoms with Crippen molar-refractivity contribution in [3.63, 3.8) is 0 Å². The molecule has 2 atom stereocenters. The lowest BCUT2D eigenvalue weighted by Crippen LogP contribution is -2.37. The lowest BCUT2D eigenvalue weighted by atomic mass is 9.94. The Balaban J connectivity index is 2.04. The summed E-state index contributed by atoms with van der Waals surface area (Å²) >= 11 is 0. The van der Waals surface area contributed by atoms with Gasteiger partial charge in [-0.2, -0.15) is 0 Å². The van der Waals surface area contributed by atoms with E-state index in [4.69, 9.17) is 5.73 Å². The Bertz CT molecular complexity index is 417. The Morgan fingerprint density at radius 1 is 1.22 bits per heavy atom. The monoisotopic (exact) mass is 246 g/mol. The highest BCUT2D eigenvalue weighted by molar-refractivity contribution is 5.93. The number of benzene rings is 1.